The highest BCUT2D eigenvalue weighted by Crippen LogP contribution is 2.28. The largest absolute Gasteiger partial charge is 0.273 e. The van der Waals surface area contributed by atoms with E-state index in [-0.39, 0.29) is 5.91 Å². The summed E-state index contributed by atoms with van der Waals surface area (Å²) in [6, 6.07) is 9.87. The van der Waals surface area contributed by atoms with Crippen LogP contribution in [0.2, 0.25) is 0 Å². The minimum absolute atomic E-state index is 0.150. The lowest BCUT2D eigenvalue weighted by Gasteiger charge is -2.15. The Labute approximate surface area is 91.5 Å². The number of amides is 1. The first-order chi connectivity index (χ1) is 7.34. The molecule has 1 saturated heterocycles. The lowest BCUT2D eigenvalue weighted by atomic mass is 10.3. The molecule has 1 fully saturated rings. The van der Waals surface area contributed by atoms with Crippen molar-refractivity contribution in [2.75, 3.05) is 17.4 Å². The summed E-state index contributed by atoms with van der Waals surface area (Å²) in [6.45, 7) is 0.547. The predicted octanol–water partition coefficient (Wildman–Crippen LogP) is 1.31. The Kier molecular flexibility index (Phi) is 1.92. The van der Waals surface area contributed by atoms with Crippen molar-refractivity contribution in [1.29, 1.82) is 0 Å². The van der Waals surface area contributed by atoms with Gasteiger partial charge in [-0.1, -0.05) is 30.0 Å². The average Bonchev–Trinajstić information content (AvgIpc) is 2.83. The number of fused-ring (bicyclic) bond motifs is 1. The van der Waals surface area contributed by atoms with E-state index >= 15 is 0 Å². The van der Waals surface area contributed by atoms with Gasteiger partial charge in [0.25, 0.3) is 0 Å². The molecule has 2 aliphatic heterocycles. The van der Waals surface area contributed by atoms with Crippen molar-refractivity contribution < 1.29 is 4.79 Å². The minimum atomic E-state index is 0.150. The third-order valence-corrected chi connectivity index (χ3v) is 3.34. The van der Waals surface area contributed by atoms with Crippen LogP contribution in [0.15, 0.2) is 35.4 Å². The smallest absolute Gasteiger partial charge is 0.240 e. The lowest BCUT2D eigenvalue weighted by Crippen LogP contribution is -2.31. The van der Waals surface area contributed by atoms with E-state index in [1.807, 2.05) is 35.3 Å². The average molecular weight is 219 g/mol. The van der Waals surface area contributed by atoms with Crippen molar-refractivity contribution in [2.24, 2.45) is 5.10 Å². The van der Waals surface area contributed by atoms with Gasteiger partial charge in [0.05, 0.1) is 11.4 Å². The molecule has 0 N–H and O–H groups in total. The molecule has 0 atom stereocenters. The van der Waals surface area contributed by atoms with Crippen LogP contribution >= 0.6 is 11.8 Å². The van der Waals surface area contributed by atoms with E-state index in [4.69, 9.17) is 0 Å². The van der Waals surface area contributed by atoms with E-state index in [1.54, 1.807) is 4.90 Å². The van der Waals surface area contributed by atoms with Crippen LogP contribution in [0.1, 0.15) is 0 Å². The van der Waals surface area contributed by atoms with Gasteiger partial charge in [-0.25, -0.2) is 5.01 Å². The molecule has 2 heterocycles. The number of carbonyl (C=O) groups is 1. The summed E-state index contributed by atoms with van der Waals surface area (Å²) in [6.07, 6.45) is 0. The molecule has 76 valence electrons. The molecule has 5 heteroatoms. The fraction of sp³-hybridized carbons (Fsp3) is 0.200. The highest BCUT2D eigenvalue weighted by molar-refractivity contribution is 8.15. The summed E-state index contributed by atoms with van der Waals surface area (Å²) in [5.41, 5.74) is 1.02. The van der Waals surface area contributed by atoms with Crippen LogP contribution in [-0.4, -0.2) is 28.4 Å². The third kappa shape index (κ3) is 1.39. The SMILES string of the molecule is O=C1CSC2=NN(c3ccccc3)CN12. The van der Waals surface area contributed by atoms with Crippen LogP contribution in [-0.2, 0) is 4.79 Å². The number of anilines is 1. The van der Waals surface area contributed by atoms with Crippen LogP contribution in [0.25, 0.3) is 0 Å². The molecule has 1 aromatic carbocycles. The Morgan fingerprint density at radius 2 is 2.07 bits per heavy atom. The van der Waals surface area contributed by atoms with Gasteiger partial charge in [-0.15, -0.1) is 5.10 Å². The first-order valence-corrected chi connectivity index (χ1v) is 5.67. The second-order valence-electron chi connectivity index (χ2n) is 3.37. The van der Waals surface area contributed by atoms with Crippen LogP contribution in [0.4, 0.5) is 5.69 Å². The molecular formula is C10H9N3OS. The van der Waals surface area contributed by atoms with Crippen molar-refractivity contribution in [3.8, 4) is 0 Å². The maximum absolute atomic E-state index is 11.4. The molecule has 2 aliphatic rings. The summed E-state index contributed by atoms with van der Waals surface area (Å²) in [5.74, 6) is 0.679. The molecule has 3 rings (SSSR count). The van der Waals surface area contributed by atoms with Crippen LogP contribution in [0.3, 0.4) is 0 Å². The highest BCUT2D eigenvalue weighted by atomic mass is 32.2. The van der Waals surface area contributed by atoms with E-state index in [0.29, 0.717) is 12.4 Å². The fourth-order valence-corrected chi connectivity index (χ4v) is 2.50. The van der Waals surface area contributed by atoms with Crippen molar-refractivity contribution in [3.05, 3.63) is 30.3 Å². The van der Waals surface area contributed by atoms with Crippen LogP contribution in [0.5, 0.6) is 0 Å². The van der Waals surface area contributed by atoms with Crippen LogP contribution < -0.4 is 5.01 Å². The number of nitrogens with zero attached hydrogens (tertiary/aromatic N) is 3. The molecule has 4 nitrogen and oxygen atoms in total. The second kappa shape index (κ2) is 3.27. The van der Waals surface area contributed by atoms with Gasteiger partial charge in [0.1, 0.15) is 6.67 Å². The van der Waals surface area contributed by atoms with Gasteiger partial charge in [0.2, 0.25) is 5.91 Å². The number of hydrogen-bond acceptors (Lipinski definition) is 4. The van der Waals surface area contributed by atoms with E-state index in [9.17, 15) is 4.79 Å². The van der Waals surface area contributed by atoms with Gasteiger partial charge in [-0.2, -0.15) is 0 Å². The van der Waals surface area contributed by atoms with E-state index < -0.39 is 0 Å². The van der Waals surface area contributed by atoms with Crippen molar-refractivity contribution in [1.82, 2.24) is 4.90 Å². The maximum Gasteiger partial charge on any atom is 0.240 e. The fourth-order valence-electron chi connectivity index (χ4n) is 1.62. The molecule has 1 amide bonds. The molecule has 0 radical (unpaired) electrons. The lowest BCUT2D eigenvalue weighted by molar-refractivity contribution is -0.123. The molecule has 1 aromatic rings. The molecule has 0 aliphatic carbocycles. The Bertz CT molecular complexity index is 432. The first kappa shape index (κ1) is 8.79. The number of rotatable bonds is 1. The van der Waals surface area contributed by atoms with Gasteiger partial charge < -0.3 is 0 Å². The summed E-state index contributed by atoms with van der Waals surface area (Å²) in [7, 11) is 0. The molecule has 0 saturated carbocycles. The number of para-hydroxylation sites is 1. The quantitative estimate of drug-likeness (QED) is 0.714. The van der Waals surface area contributed by atoms with E-state index in [1.165, 1.54) is 11.8 Å². The van der Waals surface area contributed by atoms with Crippen molar-refractivity contribution >= 4 is 28.5 Å². The zero-order valence-electron chi connectivity index (χ0n) is 7.96. The molecule has 0 unspecified atom stereocenters. The van der Waals surface area contributed by atoms with E-state index in [2.05, 4.69) is 5.10 Å². The molecular weight excluding hydrogens is 210 g/mol. The monoisotopic (exact) mass is 219 g/mol. The second-order valence-corrected chi connectivity index (χ2v) is 4.31. The summed E-state index contributed by atoms with van der Waals surface area (Å²) in [4.78, 5) is 13.2. The third-order valence-electron chi connectivity index (χ3n) is 2.39. The highest BCUT2D eigenvalue weighted by Gasteiger charge is 2.34. The van der Waals surface area contributed by atoms with Crippen molar-refractivity contribution in [2.45, 2.75) is 0 Å². The Morgan fingerprint density at radius 1 is 1.27 bits per heavy atom. The zero-order chi connectivity index (χ0) is 10.3. The van der Waals surface area contributed by atoms with Gasteiger partial charge in [-0.05, 0) is 12.1 Å². The summed E-state index contributed by atoms with van der Waals surface area (Å²) < 4.78 is 0. The number of carbonyl (C=O) groups excluding carboxylic acids is 1. The Hall–Kier alpha value is -1.49. The molecule has 0 spiro atoms. The molecule has 15 heavy (non-hydrogen) atoms. The van der Waals surface area contributed by atoms with Crippen molar-refractivity contribution in [3.63, 3.8) is 0 Å². The summed E-state index contributed by atoms with van der Waals surface area (Å²) in [5, 5.41) is 7.06. The number of hydrogen-bond donors (Lipinski definition) is 0. The number of hydrazone groups is 1. The minimum Gasteiger partial charge on any atom is -0.273 e. The molecule has 0 aromatic heterocycles. The first-order valence-electron chi connectivity index (χ1n) is 4.69. The number of thioether (sulfide) groups is 1. The van der Waals surface area contributed by atoms with Gasteiger partial charge in [-0.3, -0.25) is 9.69 Å². The number of amidine groups is 1. The van der Waals surface area contributed by atoms with Gasteiger partial charge >= 0.3 is 0 Å². The molecule has 0 bridgehead atoms. The van der Waals surface area contributed by atoms with E-state index in [0.717, 1.165) is 10.9 Å². The number of benzene rings is 1. The van der Waals surface area contributed by atoms with Crippen LogP contribution in [0, 0.1) is 0 Å². The normalized spacial score (nSPS) is 19.5. The Morgan fingerprint density at radius 3 is 2.80 bits per heavy atom. The van der Waals surface area contributed by atoms with Gasteiger partial charge in [0, 0.05) is 0 Å². The predicted molar refractivity (Wildman–Crippen MR) is 60.5 cm³/mol. The van der Waals surface area contributed by atoms with Gasteiger partial charge in [0.15, 0.2) is 5.17 Å². The summed E-state index contributed by atoms with van der Waals surface area (Å²) >= 11 is 1.50. The Balaban J connectivity index is 1.89. The maximum atomic E-state index is 11.4. The zero-order valence-corrected chi connectivity index (χ0v) is 8.78. The standard InChI is InChI=1S/C10H9N3OS/c14-9-6-15-10-11-13(7-12(9)10)8-4-2-1-3-5-8/h1-5H,6-7H2. The topological polar surface area (TPSA) is 35.9 Å².